The first kappa shape index (κ1) is 10.4. The fourth-order valence-electron chi connectivity index (χ4n) is 1.46. The van der Waals surface area contributed by atoms with Crippen molar-refractivity contribution in [1.82, 2.24) is 20.3 Å². The van der Waals surface area contributed by atoms with E-state index in [9.17, 15) is 4.79 Å². The normalized spacial score (nSPS) is 12.4. The van der Waals surface area contributed by atoms with Gasteiger partial charge in [-0.3, -0.25) is 5.32 Å². The summed E-state index contributed by atoms with van der Waals surface area (Å²) < 4.78 is 6.15. The van der Waals surface area contributed by atoms with Gasteiger partial charge < -0.3 is 4.74 Å². The molecule has 2 rings (SSSR count). The predicted octanol–water partition coefficient (Wildman–Crippen LogP) is 1.31. The standard InChI is InChI=1S/C10H12N4O2/c1-7(11-10(15)16-2)14-9-6-4-3-5-8(9)12-13-14/h3-7H,1-2H3,(H,11,15). The highest BCUT2D eigenvalue weighted by Gasteiger charge is 2.12. The number of carbonyl (C=O) groups is 1. The van der Waals surface area contributed by atoms with Crippen molar-refractivity contribution >= 4 is 17.1 Å². The van der Waals surface area contributed by atoms with Crippen LogP contribution >= 0.6 is 0 Å². The third-order valence-electron chi connectivity index (χ3n) is 2.26. The fourth-order valence-corrected chi connectivity index (χ4v) is 1.46. The predicted molar refractivity (Wildman–Crippen MR) is 57.8 cm³/mol. The van der Waals surface area contributed by atoms with E-state index in [4.69, 9.17) is 0 Å². The smallest absolute Gasteiger partial charge is 0.408 e. The highest BCUT2D eigenvalue weighted by molar-refractivity contribution is 5.74. The lowest BCUT2D eigenvalue weighted by Gasteiger charge is -2.13. The topological polar surface area (TPSA) is 69.0 Å². The fraction of sp³-hybridized carbons (Fsp3) is 0.300. The minimum Gasteiger partial charge on any atom is -0.453 e. The molecule has 2 aromatic rings. The van der Waals surface area contributed by atoms with Crippen molar-refractivity contribution < 1.29 is 9.53 Å². The quantitative estimate of drug-likeness (QED) is 0.828. The van der Waals surface area contributed by atoms with Crippen LogP contribution in [0.25, 0.3) is 11.0 Å². The van der Waals surface area contributed by atoms with Crippen LogP contribution in [0.2, 0.25) is 0 Å². The number of fused-ring (bicyclic) bond motifs is 1. The summed E-state index contributed by atoms with van der Waals surface area (Å²) >= 11 is 0. The minimum atomic E-state index is -0.493. The number of ether oxygens (including phenoxy) is 1. The van der Waals surface area contributed by atoms with Crippen molar-refractivity contribution in [3.05, 3.63) is 24.3 Å². The molecule has 1 unspecified atom stereocenters. The lowest BCUT2D eigenvalue weighted by molar-refractivity contribution is 0.162. The summed E-state index contributed by atoms with van der Waals surface area (Å²) in [5, 5.41) is 10.6. The van der Waals surface area contributed by atoms with Gasteiger partial charge in [0.1, 0.15) is 11.7 Å². The molecule has 6 heteroatoms. The number of aromatic nitrogens is 3. The van der Waals surface area contributed by atoms with Gasteiger partial charge in [-0.25, -0.2) is 9.48 Å². The molecule has 1 amide bonds. The summed E-state index contributed by atoms with van der Waals surface area (Å²) in [5.74, 6) is 0. The van der Waals surface area contributed by atoms with E-state index in [0.717, 1.165) is 11.0 Å². The van der Waals surface area contributed by atoms with Gasteiger partial charge in [0.05, 0.1) is 12.6 Å². The number of hydrogen-bond acceptors (Lipinski definition) is 4. The minimum absolute atomic E-state index is 0.306. The van der Waals surface area contributed by atoms with Gasteiger partial charge in [-0.1, -0.05) is 17.3 Å². The van der Waals surface area contributed by atoms with Crippen LogP contribution in [-0.4, -0.2) is 28.2 Å². The third-order valence-corrected chi connectivity index (χ3v) is 2.26. The molecule has 1 N–H and O–H groups in total. The van der Waals surface area contributed by atoms with Gasteiger partial charge in [-0.05, 0) is 19.1 Å². The number of rotatable bonds is 2. The van der Waals surface area contributed by atoms with Crippen molar-refractivity contribution in [3.8, 4) is 0 Å². The van der Waals surface area contributed by atoms with Crippen LogP contribution in [0, 0.1) is 0 Å². The van der Waals surface area contributed by atoms with Gasteiger partial charge in [-0.15, -0.1) is 5.10 Å². The number of benzene rings is 1. The summed E-state index contributed by atoms with van der Waals surface area (Å²) in [6.07, 6.45) is -0.799. The molecular formula is C10H12N4O2. The Bertz CT molecular complexity index is 508. The Balaban J connectivity index is 2.29. The van der Waals surface area contributed by atoms with Crippen molar-refractivity contribution in [3.63, 3.8) is 0 Å². The van der Waals surface area contributed by atoms with Crippen molar-refractivity contribution in [1.29, 1.82) is 0 Å². The Hall–Kier alpha value is -2.11. The maximum atomic E-state index is 11.1. The SMILES string of the molecule is COC(=O)NC(C)n1nnc2ccccc21. The molecular weight excluding hydrogens is 208 g/mol. The van der Waals surface area contributed by atoms with Crippen LogP contribution in [0.1, 0.15) is 13.1 Å². The number of hydrogen-bond donors (Lipinski definition) is 1. The maximum absolute atomic E-state index is 11.1. The second kappa shape index (κ2) is 4.18. The molecule has 1 heterocycles. The molecule has 0 fully saturated rings. The first-order valence-electron chi connectivity index (χ1n) is 4.87. The Labute approximate surface area is 92.2 Å². The van der Waals surface area contributed by atoms with E-state index in [1.165, 1.54) is 7.11 Å². The second-order valence-corrected chi connectivity index (χ2v) is 3.33. The molecule has 16 heavy (non-hydrogen) atoms. The summed E-state index contributed by atoms with van der Waals surface area (Å²) in [5.41, 5.74) is 1.66. The second-order valence-electron chi connectivity index (χ2n) is 3.33. The van der Waals surface area contributed by atoms with Crippen molar-refractivity contribution in [2.45, 2.75) is 13.1 Å². The molecule has 1 aromatic heterocycles. The van der Waals surface area contributed by atoms with Gasteiger partial charge in [0.15, 0.2) is 0 Å². The van der Waals surface area contributed by atoms with E-state index in [1.807, 2.05) is 24.3 Å². The maximum Gasteiger partial charge on any atom is 0.408 e. The summed E-state index contributed by atoms with van der Waals surface area (Å²) in [7, 11) is 1.32. The number of carbonyl (C=O) groups excluding carboxylic acids is 1. The summed E-state index contributed by atoms with van der Waals surface area (Å²) in [6, 6.07) is 7.54. The van der Waals surface area contributed by atoms with Crippen LogP contribution in [0.4, 0.5) is 4.79 Å². The third kappa shape index (κ3) is 1.81. The van der Waals surface area contributed by atoms with Crippen molar-refractivity contribution in [2.75, 3.05) is 7.11 Å². The van der Waals surface area contributed by atoms with Crippen molar-refractivity contribution in [2.24, 2.45) is 0 Å². The zero-order valence-corrected chi connectivity index (χ0v) is 9.04. The monoisotopic (exact) mass is 220 g/mol. The summed E-state index contributed by atoms with van der Waals surface area (Å²) in [6.45, 7) is 1.80. The molecule has 84 valence electrons. The van der Waals surface area contributed by atoms with Gasteiger partial charge in [-0.2, -0.15) is 0 Å². The molecule has 0 saturated heterocycles. The van der Waals surface area contributed by atoms with Crippen LogP contribution in [0.15, 0.2) is 24.3 Å². The average molecular weight is 220 g/mol. The number of nitrogens with zero attached hydrogens (tertiary/aromatic N) is 3. The molecule has 0 aliphatic carbocycles. The molecule has 1 atom stereocenters. The Morgan fingerprint density at radius 2 is 2.25 bits per heavy atom. The van der Waals surface area contributed by atoms with Gasteiger partial charge in [0.2, 0.25) is 0 Å². The van der Waals surface area contributed by atoms with E-state index in [-0.39, 0.29) is 6.17 Å². The van der Waals surface area contributed by atoms with Crippen LogP contribution in [0.3, 0.4) is 0 Å². The molecule has 0 aliphatic heterocycles. The molecule has 1 aromatic carbocycles. The van der Waals surface area contributed by atoms with Gasteiger partial charge in [0.25, 0.3) is 0 Å². The van der Waals surface area contributed by atoms with E-state index >= 15 is 0 Å². The summed E-state index contributed by atoms with van der Waals surface area (Å²) in [4.78, 5) is 11.1. The zero-order chi connectivity index (χ0) is 11.5. The lowest BCUT2D eigenvalue weighted by Crippen LogP contribution is -2.30. The van der Waals surface area contributed by atoms with Crippen LogP contribution < -0.4 is 5.32 Å². The van der Waals surface area contributed by atoms with Crippen LogP contribution in [-0.2, 0) is 4.74 Å². The highest BCUT2D eigenvalue weighted by Crippen LogP contribution is 2.13. The molecule has 6 nitrogen and oxygen atoms in total. The average Bonchev–Trinajstić information content (AvgIpc) is 2.72. The number of para-hydroxylation sites is 1. The molecule has 0 radical (unpaired) electrons. The Morgan fingerprint density at radius 3 is 3.00 bits per heavy atom. The first-order chi connectivity index (χ1) is 7.72. The largest absolute Gasteiger partial charge is 0.453 e. The number of alkyl carbamates (subject to hydrolysis) is 1. The van der Waals surface area contributed by atoms with Gasteiger partial charge in [0, 0.05) is 0 Å². The van der Waals surface area contributed by atoms with Gasteiger partial charge >= 0.3 is 6.09 Å². The highest BCUT2D eigenvalue weighted by atomic mass is 16.5. The van der Waals surface area contributed by atoms with E-state index in [2.05, 4.69) is 20.4 Å². The molecule has 0 spiro atoms. The molecule has 0 bridgehead atoms. The van der Waals surface area contributed by atoms with E-state index in [0.29, 0.717) is 0 Å². The Kier molecular flexibility index (Phi) is 2.72. The number of amides is 1. The zero-order valence-electron chi connectivity index (χ0n) is 9.04. The van der Waals surface area contributed by atoms with Crippen LogP contribution in [0.5, 0.6) is 0 Å². The Morgan fingerprint density at radius 1 is 1.50 bits per heavy atom. The number of methoxy groups -OCH3 is 1. The molecule has 0 aliphatic rings. The van der Waals surface area contributed by atoms with E-state index in [1.54, 1.807) is 11.6 Å². The van der Waals surface area contributed by atoms with E-state index < -0.39 is 6.09 Å². The number of nitrogens with one attached hydrogen (secondary N) is 1. The molecule has 0 saturated carbocycles. The lowest BCUT2D eigenvalue weighted by atomic mass is 10.3. The first-order valence-corrected chi connectivity index (χ1v) is 4.87.